The van der Waals surface area contributed by atoms with Crippen molar-refractivity contribution in [3.63, 3.8) is 0 Å². The van der Waals surface area contributed by atoms with Gasteiger partial charge < -0.3 is 10.5 Å². The molecule has 0 saturated heterocycles. The van der Waals surface area contributed by atoms with Crippen molar-refractivity contribution in [2.24, 2.45) is 11.7 Å². The molecule has 1 aromatic rings. The Hall–Kier alpha value is -1.62. The molecule has 0 aliphatic heterocycles. The van der Waals surface area contributed by atoms with Crippen LogP contribution in [0.15, 0.2) is 6.20 Å². The molecule has 0 fully saturated rings. The Kier molecular flexibility index (Phi) is 6.62. The molecule has 0 radical (unpaired) electrons. The summed E-state index contributed by atoms with van der Waals surface area (Å²) in [5.74, 6) is 1.70. The van der Waals surface area contributed by atoms with Crippen LogP contribution in [-0.4, -0.2) is 35.9 Å². The van der Waals surface area contributed by atoms with E-state index < -0.39 is 0 Å². The fourth-order valence-corrected chi connectivity index (χ4v) is 2.47. The molecule has 21 heavy (non-hydrogen) atoms. The van der Waals surface area contributed by atoms with Crippen LogP contribution in [-0.2, 0) is 6.54 Å². The predicted molar refractivity (Wildman–Crippen MR) is 86.9 cm³/mol. The molecular weight excluding hydrogens is 264 g/mol. The monoisotopic (exact) mass is 292 g/mol. The van der Waals surface area contributed by atoms with Gasteiger partial charge in [0.15, 0.2) is 0 Å². The minimum atomic E-state index is 0.231. The number of hydrogen-bond donors (Lipinski definition) is 2. The second-order valence-electron chi connectivity index (χ2n) is 5.95. The van der Waals surface area contributed by atoms with Gasteiger partial charge in [0, 0.05) is 43.4 Å². The smallest absolute Gasteiger partial charge is 0.128 e. The third-order valence-electron chi connectivity index (χ3n) is 3.44. The summed E-state index contributed by atoms with van der Waals surface area (Å²) in [6, 6.07) is 0. The lowest BCUT2D eigenvalue weighted by Crippen LogP contribution is -2.31. The maximum Gasteiger partial charge on any atom is 0.128 e. The molecule has 5 heteroatoms. The number of ether oxygens (including phenoxy) is 1. The van der Waals surface area contributed by atoms with E-state index in [0.29, 0.717) is 12.3 Å². The average molecular weight is 292 g/mol. The molecule has 0 spiro atoms. The average Bonchev–Trinajstić information content (AvgIpc) is 2.39. The number of methoxy groups -OCH3 is 1. The first-order valence-electron chi connectivity index (χ1n) is 7.39. The molecule has 118 valence electrons. The topological polar surface area (TPSA) is 75.2 Å². The Morgan fingerprint density at radius 3 is 2.62 bits per heavy atom. The first-order chi connectivity index (χ1) is 9.85. The van der Waals surface area contributed by atoms with Crippen molar-refractivity contribution in [2.45, 2.75) is 40.7 Å². The molecule has 3 N–H and O–H groups in total. The van der Waals surface area contributed by atoms with E-state index in [4.69, 9.17) is 15.9 Å². The molecule has 0 saturated carbocycles. The van der Waals surface area contributed by atoms with Gasteiger partial charge in [-0.25, -0.2) is 0 Å². The molecule has 0 aromatic carbocycles. The van der Waals surface area contributed by atoms with Crippen molar-refractivity contribution < 1.29 is 4.74 Å². The first kappa shape index (κ1) is 17.4. The molecule has 1 aromatic heterocycles. The number of nitrogens with zero attached hydrogens (tertiary/aromatic N) is 2. The molecule has 0 amide bonds. The van der Waals surface area contributed by atoms with Crippen molar-refractivity contribution in [1.82, 2.24) is 9.88 Å². The van der Waals surface area contributed by atoms with Gasteiger partial charge in [0.05, 0.1) is 18.6 Å². The standard InChI is InChI=1S/C16H28N4O/c1-11(2)9-20(7-6-15(17)18)10-14-13(4)16(21-5)12(3)8-19-14/h8,11H,6-7,9-10H2,1-5H3,(H3,17,18). The normalized spacial score (nSPS) is 11.2. The van der Waals surface area contributed by atoms with Gasteiger partial charge >= 0.3 is 0 Å². The highest BCUT2D eigenvalue weighted by atomic mass is 16.5. The van der Waals surface area contributed by atoms with Crippen LogP contribution in [0.5, 0.6) is 5.75 Å². The highest BCUT2D eigenvalue weighted by molar-refractivity contribution is 5.76. The number of hydrogen-bond acceptors (Lipinski definition) is 4. The third kappa shape index (κ3) is 5.34. The largest absolute Gasteiger partial charge is 0.496 e. The number of nitrogens with two attached hydrogens (primary N) is 1. The van der Waals surface area contributed by atoms with E-state index in [1.807, 2.05) is 20.0 Å². The summed E-state index contributed by atoms with van der Waals surface area (Å²) < 4.78 is 5.46. The Morgan fingerprint density at radius 1 is 1.43 bits per heavy atom. The quantitative estimate of drug-likeness (QED) is 0.570. The van der Waals surface area contributed by atoms with Gasteiger partial charge in [0.25, 0.3) is 0 Å². The fraction of sp³-hybridized carbons (Fsp3) is 0.625. The van der Waals surface area contributed by atoms with Crippen LogP contribution in [0.4, 0.5) is 0 Å². The lowest BCUT2D eigenvalue weighted by molar-refractivity contribution is 0.238. The number of pyridine rings is 1. The summed E-state index contributed by atoms with van der Waals surface area (Å²) in [4.78, 5) is 6.86. The molecule has 0 bridgehead atoms. The second kappa shape index (κ2) is 7.98. The van der Waals surface area contributed by atoms with Crippen LogP contribution in [0.25, 0.3) is 0 Å². The molecule has 0 aliphatic rings. The SMILES string of the molecule is COc1c(C)cnc(CN(CCC(=N)N)CC(C)C)c1C. The van der Waals surface area contributed by atoms with E-state index in [1.54, 1.807) is 7.11 Å². The number of aromatic nitrogens is 1. The lowest BCUT2D eigenvalue weighted by Gasteiger charge is -2.25. The van der Waals surface area contributed by atoms with E-state index in [1.165, 1.54) is 0 Å². The Bertz CT molecular complexity index is 485. The van der Waals surface area contributed by atoms with Gasteiger partial charge in [-0.3, -0.25) is 15.3 Å². The van der Waals surface area contributed by atoms with Gasteiger partial charge in [-0.2, -0.15) is 0 Å². The maximum atomic E-state index is 7.40. The molecule has 5 nitrogen and oxygen atoms in total. The second-order valence-corrected chi connectivity index (χ2v) is 5.95. The highest BCUT2D eigenvalue weighted by Crippen LogP contribution is 2.24. The van der Waals surface area contributed by atoms with E-state index in [-0.39, 0.29) is 5.84 Å². The molecule has 1 rings (SSSR count). The van der Waals surface area contributed by atoms with Crippen LogP contribution >= 0.6 is 0 Å². The molecule has 0 aliphatic carbocycles. The van der Waals surface area contributed by atoms with Gasteiger partial charge in [0.1, 0.15) is 5.75 Å². The van der Waals surface area contributed by atoms with Crippen LogP contribution in [0.2, 0.25) is 0 Å². The summed E-state index contributed by atoms with van der Waals surface area (Å²) >= 11 is 0. The number of rotatable bonds is 8. The van der Waals surface area contributed by atoms with E-state index >= 15 is 0 Å². The summed E-state index contributed by atoms with van der Waals surface area (Å²) in [5, 5.41) is 7.40. The summed E-state index contributed by atoms with van der Waals surface area (Å²) in [7, 11) is 1.70. The van der Waals surface area contributed by atoms with Gasteiger partial charge in [0.2, 0.25) is 0 Å². The van der Waals surface area contributed by atoms with Crippen molar-refractivity contribution in [2.75, 3.05) is 20.2 Å². The van der Waals surface area contributed by atoms with Crippen LogP contribution < -0.4 is 10.5 Å². The van der Waals surface area contributed by atoms with Crippen molar-refractivity contribution in [1.29, 1.82) is 5.41 Å². The maximum absolute atomic E-state index is 7.40. The summed E-state index contributed by atoms with van der Waals surface area (Å²) in [5.41, 5.74) is 8.66. The summed E-state index contributed by atoms with van der Waals surface area (Å²) in [6.07, 6.45) is 2.45. The first-order valence-corrected chi connectivity index (χ1v) is 7.39. The molecule has 0 unspecified atom stereocenters. The minimum Gasteiger partial charge on any atom is -0.496 e. The number of nitrogens with one attached hydrogen (secondary N) is 1. The van der Waals surface area contributed by atoms with E-state index in [0.717, 1.165) is 42.2 Å². The molecule has 0 atom stereocenters. The Balaban J connectivity index is 2.89. The van der Waals surface area contributed by atoms with E-state index in [9.17, 15) is 0 Å². The van der Waals surface area contributed by atoms with Crippen molar-refractivity contribution in [3.8, 4) is 5.75 Å². The zero-order chi connectivity index (χ0) is 16.0. The predicted octanol–water partition coefficient (Wildman–Crippen LogP) is 2.49. The van der Waals surface area contributed by atoms with E-state index in [2.05, 4.69) is 23.7 Å². The third-order valence-corrected chi connectivity index (χ3v) is 3.44. The number of aryl methyl sites for hydroxylation is 1. The van der Waals surface area contributed by atoms with Crippen LogP contribution in [0.1, 0.15) is 37.1 Å². The zero-order valence-electron chi connectivity index (χ0n) is 13.9. The summed E-state index contributed by atoms with van der Waals surface area (Å²) in [6.45, 7) is 10.9. The highest BCUT2D eigenvalue weighted by Gasteiger charge is 2.14. The Labute approximate surface area is 128 Å². The fourth-order valence-electron chi connectivity index (χ4n) is 2.47. The molecular formula is C16H28N4O. The van der Waals surface area contributed by atoms with Crippen LogP contribution in [0.3, 0.4) is 0 Å². The number of amidine groups is 1. The van der Waals surface area contributed by atoms with Crippen molar-refractivity contribution >= 4 is 5.84 Å². The lowest BCUT2D eigenvalue weighted by atomic mass is 10.1. The van der Waals surface area contributed by atoms with Gasteiger partial charge in [-0.1, -0.05) is 13.8 Å². The minimum absolute atomic E-state index is 0.231. The van der Waals surface area contributed by atoms with Gasteiger partial charge in [-0.05, 0) is 19.8 Å². The van der Waals surface area contributed by atoms with Crippen molar-refractivity contribution in [3.05, 3.63) is 23.0 Å². The van der Waals surface area contributed by atoms with Crippen LogP contribution in [0, 0.1) is 25.2 Å². The zero-order valence-corrected chi connectivity index (χ0v) is 13.9. The molecule has 1 heterocycles. The Morgan fingerprint density at radius 2 is 2.10 bits per heavy atom. The van der Waals surface area contributed by atoms with Gasteiger partial charge in [-0.15, -0.1) is 0 Å².